The normalized spacial score (nSPS) is 17.8. The number of aromatic amines is 1. The van der Waals surface area contributed by atoms with Gasteiger partial charge in [-0.05, 0) is 43.2 Å². The average molecular weight is 520 g/mol. The molecule has 0 spiro atoms. The van der Waals surface area contributed by atoms with Gasteiger partial charge in [-0.25, -0.2) is 22.2 Å². The van der Waals surface area contributed by atoms with Gasteiger partial charge in [-0.3, -0.25) is 9.52 Å². The molecule has 3 aromatic rings. The number of fused-ring (bicyclic) bond motifs is 2. The van der Waals surface area contributed by atoms with E-state index in [1.807, 2.05) is 19.1 Å². The van der Waals surface area contributed by atoms with Gasteiger partial charge >= 0.3 is 0 Å². The molecule has 34 heavy (non-hydrogen) atoms. The van der Waals surface area contributed by atoms with Crippen LogP contribution < -0.4 is 4.72 Å². The maximum absolute atomic E-state index is 15.3. The quantitative estimate of drug-likeness (QED) is 0.422. The number of rotatable bonds is 5. The van der Waals surface area contributed by atoms with Gasteiger partial charge in [0.25, 0.3) is 10.0 Å². The molecule has 0 amide bonds. The second-order valence-electron chi connectivity index (χ2n) is 7.87. The zero-order valence-corrected chi connectivity index (χ0v) is 19.9. The predicted octanol–water partition coefficient (Wildman–Crippen LogP) is 5.70. The average Bonchev–Trinajstić information content (AvgIpc) is 3.39. The molecule has 2 aromatic heterocycles. The van der Waals surface area contributed by atoms with Crippen molar-refractivity contribution in [3.8, 4) is 0 Å². The molecule has 0 saturated carbocycles. The Balaban J connectivity index is 1.50. The van der Waals surface area contributed by atoms with Crippen LogP contribution in [0.3, 0.4) is 0 Å². The van der Waals surface area contributed by atoms with Crippen LogP contribution in [0.25, 0.3) is 11.0 Å². The molecule has 0 fully saturated rings. The minimum Gasteiger partial charge on any atom is -0.345 e. The Labute approximate surface area is 202 Å². The lowest BCUT2D eigenvalue weighted by Gasteiger charge is -2.15. The number of hydrogen-bond donors (Lipinski definition) is 2. The van der Waals surface area contributed by atoms with Gasteiger partial charge in [0.15, 0.2) is 5.82 Å². The third kappa shape index (κ3) is 3.95. The van der Waals surface area contributed by atoms with Gasteiger partial charge in [0.1, 0.15) is 15.7 Å². The van der Waals surface area contributed by atoms with Crippen molar-refractivity contribution in [2.24, 2.45) is 0 Å². The van der Waals surface area contributed by atoms with Gasteiger partial charge in [0, 0.05) is 28.6 Å². The molecular formula is C23H16ClF2N3O3S2. The monoisotopic (exact) mass is 519 g/mol. The van der Waals surface area contributed by atoms with Crippen LogP contribution in [-0.2, 0) is 10.0 Å². The number of halogens is 3. The molecule has 2 N–H and O–H groups in total. The van der Waals surface area contributed by atoms with E-state index >= 15 is 4.39 Å². The number of ketones is 1. The van der Waals surface area contributed by atoms with Crippen molar-refractivity contribution in [1.29, 1.82) is 0 Å². The number of nitrogens with zero attached hydrogens (tertiary/aromatic N) is 1. The molecule has 1 atom stereocenters. The molecule has 1 unspecified atom stereocenters. The highest BCUT2D eigenvalue weighted by Crippen LogP contribution is 2.44. The van der Waals surface area contributed by atoms with Crippen molar-refractivity contribution < 1.29 is 22.0 Å². The van der Waals surface area contributed by atoms with Gasteiger partial charge in [-0.1, -0.05) is 29.3 Å². The van der Waals surface area contributed by atoms with E-state index in [4.69, 9.17) is 11.6 Å². The zero-order valence-electron chi connectivity index (χ0n) is 17.5. The topological polar surface area (TPSA) is 91.9 Å². The van der Waals surface area contributed by atoms with E-state index in [1.54, 1.807) is 6.08 Å². The summed E-state index contributed by atoms with van der Waals surface area (Å²) in [7, 11) is -4.16. The fraction of sp³-hybridized carbons (Fsp3) is 0.130. The van der Waals surface area contributed by atoms with E-state index in [0.717, 1.165) is 35.0 Å². The highest BCUT2D eigenvalue weighted by atomic mass is 35.5. The Bertz CT molecular complexity index is 1580. The lowest BCUT2D eigenvalue weighted by atomic mass is 10.0. The zero-order chi connectivity index (χ0) is 24.2. The second kappa shape index (κ2) is 8.37. The number of thioether (sulfide) groups is 1. The number of anilines is 1. The van der Waals surface area contributed by atoms with E-state index in [-0.39, 0.29) is 25.5 Å². The Morgan fingerprint density at radius 1 is 1.29 bits per heavy atom. The standard InChI is InChI=1S/C23H16ClF2N3O3S2/c1-11-2-5-18-12(6-11)7-19(33-18)34(31,32)29-17-4-3-16(25)20(21(17)26)22(30)15-10-28-23-14(15)8-13(24)9-27-23/h2-4,6-10,18,29H,5H2,1H3,(H,27,28). The van der Waals surface area contributed by atoms with Crippen LogP contribution in [-0.4, -0.2) is 29.4 Å². The lowest BCUT2D eigenvalue weighted by molar-refractivity contribution is 0.103. The van der Waals surface area contributed by atoms with Crippen LogP contribution in [0.5, 0.6) is 0 Å². The molecule has 2 aliphatic rings. The number of aromatic nitrogens is 2. The van der Waals surface area contributed by atoms with Gasteiger partial charge in [0.05, 0.1) is 16.3 Å². The molecule has 0 bridgehead atoms. The molecular weight excluding hydrogens is 504 g/mol. The summed E-state index contributed by atoms with van der Waals surface area (Å²) >= 11 is 7.10. The molecule has 5 rings (SSSR count). The number of hydrogen-bond acceptors (Lipinski definition) is 5. The van der Waals surface area contributed by atoms with Crippen LogP contribution in [0, 0.1) is 11.6 Å². The number of sulfonamides is 1. The van der Waals surface area contributed by atoms with Crippen LogP contribution in [0.1, 0.15) is 29.3 Å². The Hall–Kier alpha value is -2.95. The third-order valence-corrected chi connectivity index (χ3v) is 8.92. The minimum atomic E-state index is -4.16. The minimum absolute atomic E-state index is 0.0285. The molecule has 174 valence electrons. The van der Waals surface area contributed by atoms with Crippen LogP contribution in [0.2, 0.25) is 5.02 Å². The van der Waals surface area contributed by atoms with Gasteiger partial charge in [-0.15, -0.1) is 11.8 Å². The summed E-state index contributed by atoms with van der Waals surface area (Å²) in [6.45, 7) is 1.93. The number of carbonyl (C=O) groups is 1. The summed E-state index contributed by atoms with van der Waals surface area (Å²) in [6, 6.07) is 3.25. The third-order valence-electron chi connectivity index (χ3n) is 5.53. The molecule has 11 heteroatoms. The summed E-state index contributed by atoms with van der Waals surface area (Å²) in [5.41, 5.74) is 0.765. The number of nitrogens with one attached hydrogen (secondary N) is 2. The molecule has 3 heterocycles. The summed E-state index contributed by atoms with van der Waals surface area (Å²) in [5, 5.41) is 0.495. The fourth-order valence-corrected chi connectivity index (χ4v) is 6.81. The van der Waals surface area contributed by atoms with E-state index in [9.17, 15) is 17.6 Å². The van der Waals surface area contributed by atoms with Gasteiger partial charge in [0.2, 0.25) is 5.78 Å². The number of allylic oxidation sites excluding steroid dienone is 4. The highest BCUT2D eigenvalue weighted by Gasteiger charge is 2.33. The van der Waals surface area contributed by atoms with E-state index < -0.39 is 38.7 Å². The van der Waals surface area contributed by atoms with Crippen molar-refractivity contribution in [3.63, 3.8) is 0 Å². The molecule has 1 aliphatic heterocycles. The smallest absolute Gasteiger partial charge is 0.268 e. The summed E-state index contributed by atoms with van der Waals surface area (Å²) in [5.74, 6) is -3.41. The summed E-state index contributed by atoms with van der Waals surface area (Å²) in [4.78, 5) is 19.9. The van der Waals surface area contributed by atoms with Crippen LogP contribution >= 0.6 is 23.4 Å². The van der Waals surface area contributed by atoms with E-state index in [0.29, 0.717) is 12.1 Å². The van der Waals surface area contributed by atoms with Crippen molar-refractivity contribution in [3.05, 3.63) is 92.0 Å². The Kier molecular flexibility index (Phi) is 5.62. The maximum atomic E-state index is 15.3. The first-order valence-corrected chi connectivity index (χ1v) is 12.8. The van der Waals surface area contributed by atoms with Crippen molar-refractivity contribution >= 4 is 55.9 Å². The lowest BCUT2D eigenvalue weighted by Crippen LogP contribution is -2.16. The van der Waals surface area contributed by atoms with Crippen molar-refractivity contribution in [2.75, 3.05) is 4.72 Å². The molecule has 0 saturated heterocycles. The largest absolute Gasteiger partial charge is 0.345 e. The van der Waals surface area contributed by atoms with Gasteiger partial charge in [-0.2, -0.15) is 0 Å². The Morgan fingerprint density at radius 3 is 2.88 bits per heavy atom. The molecule has 0 radical (unpaired) electrons. The Morgan fingerprint density at radius 2 is 2.09 bits per heavy atom. The first-order valence-electron chi connectivity index (χ1n) is 10.1. The number of H-pyrrole nitrogens is 1. The summed E-state index contributed by atoms with van der Waals surface area (Å²) in [6.07, 6.45) is 8.79. The predicted molar refractivity (Wildman–Crippen MR) is 129 cm³/mol. The number of carbonyl (C=O) groups excluding carboxylic acids is 1. The van der Waals surface area contributed by atoms with E-state index in [2.05, 4.69) is 14.7 Å². The van der Waals surface area contributed by atoms with Crippen molar-refractivity contribution in [1.82, 2.24) is 9.97 Å². The fourth-order valence-electron chi connectivity index (χ4n) is 3.88. The van der Waals surface area contributed by atoms with Crippen molar-refractivity contribution in [2.45, 2.75) is 18.6 Å². The summed E-state index contributed by atoms with van der Waals surface area (Å²) < 4.78 is 58.1. The van der Waals surface area contributed by atoms with Crippen LogP contribution in [0.15, 0.2) is 64.2 Å². The SMILES string of the molecule is CC1=CCC2SC(S(=O)(=O)Nc3ccc(F)c(C(=O)c4c[nH]c5ncc(Cl)cc45)c3F)=CC2=C1. The molecule has 1 aliphatic carbocycles. The number of pyridine rings is 1. The van der Waals surface area contributed by atoms with Crippen LogP contribution in [0.4, 0.5) is 14.5 Å². The first-order chi connectivity index (χ1) is 16.1. The van der Waals surface area contributed by atoms with Gasteiger partial charge < -0.3 is 4.98 Å². The highest BCUT2D eigenvalue weighted by molar-refractivity contribution is 8.19. The maximum Gasteiger partial charge on any atom is 0.268 e. The van der Waals surface area contributed by atoms with E-state index in [1.165, 1.54) is 18.5 Å². The molecule has 1 aromatic carbocycles. The first kappa shape index (κ1) is 22.8. The number of benzene rings is 1. The second-order valence-corrected chi connectivity index (χ2v) is 11.5. The molecule has 6 nitrogen and oxygen atoms in total.